The van der Waals surface area contributed by atoms with Crippen molar-refractivity contribution in [1.82, 2.24) is 14.9 Å². The molecule has 2 heterocycles. The van der Waals surface area contributed by atoms with Gasteiger partial charge in [0.2, 0.25) is 0 Å². The first-order valence-corrected chi connectivity index (χ1v) is 11.9. The number of ether oxygens (including phenoxy) is 1. The van der Waals surface area contributed by atoms with Gasteiger partial charge >= 0.3 is 0 Å². The molecule has 1 fully saturated rings. The topological polar surface area (TPSA) is 101 Å². The lowest BCUT2D eigenvalue weighted by molar-refractivity contribution is -0.120. The number of benzene rings is 1. The highest BCUT2D eigenvalue weighted by Crippen LogP contribution is 2.30. The van der Waals surface area contributed by atoms with Crippen molar-refractivity contribution >= 4 is 29.1 Å². The summed E-state index contributed by atoms with van der Waals surface area (Å²) in [4.78, 5) is 48.4. The Kier molecular flexibility index (Phi) is 8.09. The summed E-state index contributed by atoms with van der Waals surface area (Å²) in [6.45, 7) is 4.33. The van der Waals surface area contributed by atoms with Gasteiger partial charge in [-0.3, -0.25) is 19.3 Å². The Hall–Kier alpha value is -3.30. The van der Waals surface area contributed by atoms with Gasteiger partial charge in [0.15, 0.2) is 23.2 Å². The number of hydrogen-bond donors (Lipinski definition) is 1. The van der Waals surface area contributed by atoms with Gasteiger partial charge in [-0.25, -0.2) is 14.4 Å². The first-order valence-electron chi connectivity index (χ1n) is 11.9. The van der Waals surface area contributed by atoms with Crippen LogP contribution in [0.1, 0.15) is 46.6 Å². The summed E-state index contributed by atoms with van der Waals surface area (Å²) < 4.78 is 19.2. The molecule has 35 heavy (non-hydrogen) atoms. The molecule has 0 atom stereocenters. The maximum absolute atomic E-state index is 13.9. The van der Waals surface area contributed by atoms with Gasteiger partial charge in [-0.2, -0.15) is 0 Å². The van der Waals surface area contributed by atoms with E-state index < -0.39 is 5.82 Å². The average molecular weight is 481 g/mol. The van der Waals surface area contributed by atoms with E-state index in [9.17, 15) is 18.8 Å². The van der Waals surface area contributed by atoms with Gasteiger partial charge in [0.05, 0.1) is 18.8 Å². The molecule has 1 saturated heterocycles. The first-order chi connectivity index (χ1) is 16.9. The molecular weight excluding hydrogens is 451 g/mol. The molecule has 2 aromatic rings. The van der Waals surface area contributed by atoms with Crippen LogP contribution in [0.15, 0.2) is 30.1 Å². The minimum absolute atomic E-state index is 0.0266. The Morgan fingerprint density at radius 2 is 1.86 bits per heavy atom. The molecule has 1 N–H and O–H groups in total. The number of nitrogens with zero attached hydrogens (tertiary/aromatic N) is 3. The van der Waals surface area contributed by atoms with E-state index in [1.165, 1.54) is 30.6 Å². The molecule has 0 unspecified atom stereocenters. The normalized spacial score (nSPS) is 15.9. The quantitative estimate of drug-likeness (QED) is 0.315. The maximum atomic E-state index is 13.9. The van der Waals surface area contributed by atoms with Crippen molar-refractivity contribution in [3.63, 3.8) is 0 Å². The lowest BCUT2D eigenvalue weighted by atomic mass is 9.87. The van der Waals surface area contributed by atoms with Crippen LogP contribution in [0, 0.1) is 5.82 Å². The fraction of sp³-hybridized carbons (Fsp3) is 0.423. The van der Waals surface area contributed by atoms with Gasteiger partial charge in [0, 0.05) is 57.5 Å². The van der Waals surface area contributed by atoms with E-state index >= 15 is 0 Å². The fourth-order valence-corrected chi connectivity index (χ4v) is 4.36. The van der Waals surface area contributed by atoms with Gasteiger partial charge in [-0.05, 0) is 54.3 Å². The molecule has 1 aliphatic carbocycles. The van der Waals surface area contributed by atoms with Gasteiger partial charge in [0.25, 0.3) is 0 Å². The van der Waals surface area contributed by atoms with Crippen LogP contribution in [0.2, 0.25) is 0 Å². The lowest BCUT2D eigenvalue weighted by Crippen LogP contribution is -2.36. The van der Waals surface area contributed by atoms with Crippen LogP contribution in [0.4, 0.5) is 10.1 Å². The number of anilines is 1. The van der Waals surface area contributed by atoms with Crippen molar-refractivity contribution in [3.05, 3.63) is 58.4 Å². The predicted octanol–water partition coefficient (Wildman–Crippen LogP) is 2.66. The number of allylic oxidation sites excluding steroid dienone is 1. The number of rotatable bonds is 10. The third-order valence-corrected chi connectivity index (χ3v) is 6.31. The third-order valence-electron chi connectivity index (χ3n) is 6.31. The molecule has 1 aromatic carbocycles. The van der Waals surface area contributed by atoms with E-state index in [-0.39, 0.29) is 41.6 Å². The number of carbonyl (C=O) groups is 3. The van der Waals surface area contributed by atoms with Gasteiger partial charge in [0.1, 0.15) is 5.82 Å². The molecule has 184 valence electrons. The number of carbonyl (C=O) groups excluding carboxylic acids is 3. The van der Waals surface area contributed by atoms with E-state index in [2.05, 4.69) is 20.2 Å². The van der Waals surface area contributed by atoms with E-state index in [0.29, 0.717) is 28.8 Å². The highest BCUT2D eigenvalue weighted by Gasteiger charge is 2.26. The Balaban J connectivity index is 1.32. The minimum atomic E-state index is -0.444. The Bertz CT molecular complexity index is 1140. The van der Waals surface area contributed by atoms with Crippen LogP contribution < -0.4 is 5.32 Å². The number of unbranched alkanes of at least 4 members (excludes halogenated alkanes) is 1. The van der Waals surface area contributed by atoms with E-state index in [1.807, 2.05) is 0 Å². The summed E-state index contributed by atoms with van der Waals surface area (Å²) in [5, 5.41) is 2.89. The van der Waals surface area contributed by atoms with E-state index in [1.54, 1.807) is 7.05 Å². The molecule has 0 spiro atoms. The van der Waals surface area contributed by atoms with Crippen LogP contribution in [-0.4, -0.2) is 72.1 Å². The van der Waals surface area contributed by atoms with Crippen LogP contribution in [0.3, 0.4) is 0 Å². The number of aromatic nitrogens is 2. The fourth-order valence-electron chi connectivity index (χ4n) is 4.36. The molecule has 0 bridgehead atoms. The summed E-state index contributed by atoms with van der Waals surface area (Å²) >= 11 is 0. The summed E-state index contributed by atoms with van der Waals surface area (Å²) in [6.07, 6.45) is 6.35. The second-order valence-electron chi connectivity index (χ2n) is 8.78. The highest BCUT2D eigenvalue weighted by molar-refractivity contribution is 6.25. The molecule has 4 rings (SSSR count). The number of morpholine rings is 1. The third kappa shape index (κ3) is 6.23. The Morgan fingerprint density at radius 1 is 1.11 bits per heavy atom. The molecule has 9 heteroatoms. The van der Waals surface area contributed by atoms with Crippen LogP contribution in [-0.2, 0) is 27.2 Å². The number of fused-ring (bicyclic) bond motifs is 1. The van der Waals surface area contributed by atoms with Crippen molar-refractivity contribution in [2.24, 2.45) is 0 Å². The standard InChI is InChI=1S/C26H29FN4O4/c1-28-22-13-19(27)11-18-12-21(25(34)14-20(18)22)24(33)10-17-15-29-26(30-16-17)23(32)4-2-3-5-31-6-8-35-9-7-31/h11-13,15-16,28H,2-10,14H2,1H3. The number of nitrogens with one attached hydrogen (secondary N) is 1. The zero-order valence-electron chi connectivity index (χ0n) is 19.8. The monoisotopic (exact) mass is 480 g/mol. The molecule has 8 nitrogen and oxygen atoms in total. The second-order valence-corrected chi connectivity index (χ2v) is 8.78. The summed E-state index contributed by atoms with van der Waals surface area (Å²) in [6, 6.07) is 2.65. The molecular formula is C26H29FN4O4. The zero-order valence-corrected chi connectivity index (χ0v) is 19.8. The van der Waals surface area contributed by atoms with Crippen molar-refractivity contribution in [2.75, 3.05) is 45.2 Å². The largest absolute Gasteiger partial charge is 0.388 e. The summed E-state index contributed by atoms with van der Waals surface area (Å²) in [5.74, 6) is -1.14. The molecule has 1 aliphatic heterocycles. The summed E-state index contributed by atoms with van der Waals surface area (Å²) in [7, 11) is 1.66. The van der Waals surface area contributed by atoms with Crippen LogP contribution in [0.25, 0.3) is 6.08 Å². The predicted molar refractivity (Wildman–Crippen MR) is 129 cm³/mol. The van der Waals surface area contributed by atoms with Gasteiger partial charge < -0.3 is 10.1 Å². The van der Waals surface area contributed by atoms with Crippen molar-refractivity contribution in [1.29, 1.82) is 0 Å². The number of ketones is 3. The van der Waals surface area contributed by atoms with E-state index in [0.717, 1.165) is 45.7 Å². The number of hydrogen-bond acceptors (Lipinski definition) is 8. The van der Waals surface area contributed by atoms with Crippen molar-refractivity contribution < 1.29 is 23.5 Å². The highest BCUT2D eigenvalue weighted by atomic mass is 19.1. The molecule has 0 amide bonds. The lowest BCUT2D eigenvalue weighted by Gasteiger charge is -2.26. The summed E-state index contributed by atoms with van der Waals surface area (Å²) in [5.41, 5.74) is 2.26. The van der Waals surface area contributed by atoms with Crippen molar-refractivity contribution in [2.45, 2.75) is 32.1 Å². The van der Waals surface area contributed by atoms with Gasteiger partial charge in [-0.1, -0.05) is 0 Å². The molecule has 0 radical (unpaired) electrons. The first kappa shape index (κ1) is 24.8. The smallest absolute Gasteiger partial charge is 0.200 e. The van der Waals surface area contributed by atoms with Crippen LogP contribution >= 0.6 is 0 Å². The van der Waals surface area contributed by atoms with Crippen molar-refractivity contribution in [3.8, 4) is 0 Å². The van der Waals surface area contributed by atoms with Gasteiger partial charge in [-0.15, -0.1) is 0 Å². The molecule has 1 aromatic heterocycles. The Morgan fingerprint density at radius 3 is 2.57 bits per heavy atom. The number of Topliss-reactive ketones (excluding diaryl/α,β-unsaturated/α-hetero) is 3. The molecule has 0 saturated carbocycles. The maximum Gasteiger partial charge on any atom is 0.200 e. The Labute approximate surface area is 203 Å². The number of halogens is 1. The second kappa shape index (κ2) is 11.4. The van der Waals surface area contributed by atoms with E-state index in [4.69, 9.17) is 4.74 Å². The molecule has 2 aliphatic rings. The average Bonchev–Trinajstić information content (AvgIpc) is 2.87. The zero-order chi connectivity index (χ0) is 24.8. The van der Waals surface area contributed by atoms with Crippen LogP contribution in [0.5, 0.6) is 0 Å². The SMILES string of the molecule is CNc1cc(F)cc2c1CC(=O)C(C(=O)Cc1cnc(C(=O)CCCCN3CCOCC3)nc1)=C2. The minimum Gasteiger partial charge on any atom is -0.388 e.